The number of benzene rings is 2. The lowest BCUT2D eigenvalue weighted by Crippen LogP contribution is -2.21. The molecule has 2 heterocycles. The highest BCUT2D eigenvalue weighted by Crippen LogP contribution is 2.34. The van der Waals surface area contributed by atoms with Gasteiger partial charge in [-0.15, -0.1) is 10.2 Å². The van der Waals surface area contributed by atoms with Crippen molar-refractivity contribution in [2.24, 2.45) is 0 Å². The fraction of sp³-hybridized carbons (Fsp3) is 0.261. The fourth-order valence-electron chi connectivity index (χ4n) is 3.43. The summed E-state index contributed by atoms with van der Waals surface area (Å²) in [6, 6.07) is 13.1. The lowest BCUT2D eigenvalue weighted by Gasteiger charge is -2.20. The van der Waals surface area contributed by atoms with E-state index in [0.29, 0.717) is 38.5 Å². The van der Waals surface area contributed by atoms with Crippen molar-refractivity contribution in [1.29, 1.82) is 0 Å². The quantitative estimate of drug-likeness (QED) is 0.377. The average molecular weight is 453 g/mol. The Bertz CT molecular complexity index is 1300. The van der Waals surface area contributed by atoms with Gasteiger partial charge < -0.3 is 24.1 Å². The molecule has 0 saturated heterocycles. The first-order valence-electron chi connectivity index (χ1n) is 10.2. The fourth-order valence-corrected chi connectivity index (χ4v) is 4.19. The topological polar surface area (TPSA) is 89.7 Å². The normalized spacial score (nSPS) is 10.9. The van der Waals surface area contributed by atoms with Gasteiger partial charge in [-0.2, -0.15) is 0 Å². The number of hydrogen-bond donors (Lipinski definition) is 1. The summed E-state index contributed by atoms with van der Waals surface area (Å²) in [5, 5.41) is 13.4. The second-order valence-corrected chi connectivity index (χ2v) is 7.92. The van der Waals surface area contributed by atoms with E-state index in [2.05, 4.69) is 34.3 Å². The first kappa shape index (κ1) is 21.6. The molecule has 0 aliphatic rings. The van der Waals surface area contributed by atoms with E-state index in [4.69, 9.17) is 13.9 Å². The summed E-state index contributed by atoms with van der Waals surface area (Å²) in [5.74, 6) is 1.29. The van der Waals surface area contributed by atoms with Crippen LogP contribution in [0.4, 0.5) is 16.5 Å². The highest BCUT2D eigenvalue weighted by molar-refractivity contribution is 7.18. The Morgan fingerprint density at radius 1 is 1.03 bits per heavy atom. The summed E-state index contributed by atoms with van der Waals surface area (Å²) in [5.41, 5.74) is 2.22. The largest absolute Gasteiger partial charge is 0.497 e. The third-order valence-electron chi connectivity index (χ3n) is 5.15. The minimum absolute atomic E-state index is 0.375. The molecule has 9 heteroatoms. The monoisotopic (exact) mass is 452 g/mol. The Kier molecular flexibility index (Phi) is 6.27. The van der Waals surface area contributed by atoms with Gasteiger partial charge in [0.25, 0.3) is 0 Å². The van der Waals surface area contributed by atoms with Crippen molar-refractivity contribution < 1.29 is 13.9 Å². The summed E-state index contributed by atoms with van der Waals surface area (Å²) in [6.45, 7) is 5.94. The van der Waals surface area contributed by atoms with Gasteiger partial charge in [-0.3, -0.25) is 0 Å². The van der Waals surface area contributed by atoms with E-state index in [0.717, 1.165) is 24.2 Å². The first-order chi connectivity index (χ1) is 15.6. The van der Waals surface area contributed by atoms with Crippen molar-refractivity contribution in [3.8, 4) is 22.1 Å². The van der Waals surface area contributed by atoms with Gasteiger partial charge in [0.15, 0.2) is 5.01 Å². The van der Waals surface area contributed by atoms with E-state index < -0.39 is 5.63 Å². The van der Waals surface area contributed by atoms with Crippen molar-refractivity contribution in [2.45, 2.75) is 13.8 Å². The molecule has 0 aliphatic heterocycles. The molecular weight excluding hydrogens is 428 g/mol. The minimum Gasteiger partial charge on any atom is -0.497 e. The SMILES string of the molecule is CCN(CC)c1ccc2cc(-c3nnc(Nc4ccc(OC)cc4OC)s3)c(=O)oc2c1. The van der Waals surface area contributed by atoms with E-state index in [-0.39, 0.29) is 0 Å². The zero-order valence-electron chi connectivity index (χ0n) is 18.3. The van der Waals surface area contributed by atoms with Crippen LogP contribution in [0.3, 0.4) is 0 Å². The molecule has 0 spiro atoms. The van der Waals surface area contributed by atoms with E-state index >= 15 is 0 Å². The van der Waals surface area contributed by atoms with Crippen molar-refractivity contribution in [2.75, 3.05) is 37.5 Å². The van der Waals surface area contributed by atoms with Gasteiger partial charge in [0.2, 0.25) is 5.13 Å². The third kappa shape index (κ3) is 4.24. The van der Waals surface area contributed by atoms with Gasteiger partial charge >= 0.3 is 5.63 Å². The van der Waals surface area contributed by atoms with Crippen molar-refractivity contribution in [3.05, 3.63) is 52.9 Å². The zero-order valence-corrected chi connectivity index (χ0v) is 19.2. The maximum atomic E-state index is 12.7. The van der Waals surface area contributed by atoms with Gasteiger partial charge in [-0.05, 0) is 44.2 Å². The van der Waals surface area contributed by atoms with E-state index in [1.54, 1.807) is 26.4 Å². The van der Waals surface area contributed by atoms with E-state index in [1.807, 2.05) is 30.3 Å². The molecule has 4 rings (SSSR count). The molecule has 4 aromatic rings. The molecular formula is C23H24N4O4S. The predicted octanol–water partition coefficient (Wildman–Crippen LogP) is 4.92. The van der Waals surface area contributed by atoms with Gasteiger partial charge in [0, 0.05) is 36.3 Å². The Morgan fingerprint density at radius 3 is 2.56 bits per heavy atom. The highest BCUT2D eigenvalue weighted by atomic mass is 32.1. The van der Waals surface area contributed by atoms with Gasteiger partial charge in [0.1, 0.15) is 17.1 Å². The lowest BCUT2D eigenvalue weighted by molar-refractivity contribution is 0.395. The highest BCUT2D eigenvalue weighted by Gasteiger charge is 2.15. The lowest BCUT2D eigenvalue weighted by atomic mass is 10.1. The molecule has 1 N–H and O–H groups in total. The van der Waals surface area contributed by atoms with Crippen molar-refractivity contribution >= 4 is 38.8 Å². The third-order valence-corrected chi connectivity index (χ3v) is 6.03. The van der Waals surface area contributed by atoms with Crippen LogP contribution in [0.1, 0.15) is 13.8 Å². The molecule has 0 unspecified atom stereocenters. The Labute approximate surface area is 189 Å². The number of hydrogen-bond acceptors (Lipinski definition) is 9. The molecule has 0 amide bonds. The van der Waals surface area contributed by atoms with Gasteiger partial charge in [0.05, 0.1) is 25.5 Å². The molecule has 166 valence electrons. The summed E-state index contributed by atoms with van der Waals surface area (Å²) < 4.78 is 16.3. The minimum atomic E-state index is -0.445. The average Bonchev–Trinajstić information content (AvgIpc) is 3.27. The van der Waals surface area contributed by atoms with Crippen LogP contribution >= 0.6 is 11.3 Å². The van der Waals surface area contributed by atoms with Crippen LogP contribution in [0.2, 0.25) is 0 Å². The summed E-state index contributed by atoms with van der Waals surface area (Å²) in [6.07, 6.45) is 0. The van der Waals surface area contributed by atoms with Crippen LogP contribution in [-0.2, 0) is 0 Å². The number of anilines is 3. The summed E-state index contributed by atoms with van der Waals surface area (Å²) in [7, 11) is 3.18. The van der Waals surface area contributed by atoms with Gasteiger partial charge in [-0.25, -0.2) is 4.79 Å². The number of nitrogens with zero attached hydrogens (tertiary/aromatic N) is 3. The number of fused-ring (bicyclic) bond motifs is 1. The molecule has 2 aromatic heterocycles. The molecule has 0 atom stereocenters. The van der Waals surface area contributed by atoms with Crippen LogP contribution in [0.25, 0.3) is 21.5 Å². The van der Waals surface area contributed by atoms with Crippen LogP contribution in [0, 0.1) is 0 Å². The summed E-state index contributed by atoms with van der Waals surface area (Å²) >= 11 is 1.26. The smallest absolute Gasteiger partial charge is 0.346 e. The maximum Gasteiger partial charge on any atom is 0.346 e. The summed E-state index contributed by atoms with van der Waals surface area (Å²) in [4.78, 5) is 14.9. The zero-order chi connectivity index (χ0) is 22.7. The number of rotatable bonds is 8. The van der Waals surface area contributed by atoms with Crippen LogP contribution in [0.15, 0.2) is 51.7 Å². The van der Waals surface area contributed by atoms with E-state index in [1.165, 1.54) is 11.3 Å². The predicted molar refractivity (Wildman–Crippen MR) is 128 cm³/mol. The molecule has 0 radical (unpaired) electrons. The van der Waals surface area contributed by atoms with Crippen molar-refractivity contribution in [3.63, 3.8) is 0 Å². The van der Waals surface area contributed by atoms with Crippen LogP contribution < -0.4 is 25.3 Å². The molecule has 0 fully saturated rings. The Morgan fingerprint density at radius 2 is 1.84 bits per heavy atom. The number of nitrogens with one attached hydrogen (secondary N) is 1. The molecule has 0 saturated carbocycles. The second-order valence-electron chi connectivity index (χ2n) is 6.95. The van der Waals surface area contributed by atoms with Crippen LogP contribution in [-0.4, -0.2) is 37.5 Å². The molecule has 2 aromatic carbocycles. The first-order valence-corrected chi connectivity index (χ1v) is 11.0. The number of aromatic nitrogens is 2. The molecule has 0 bridgehead atoms. The Hall–Kier alpha value is -3.59. The number of ether oxygens (including phenoxy) is 2. The van der Waals surface area contributed by atoms with E-state index in [9.17, 15) is 4.79 Å². The Balaban J connectivity index is 1.64. The molecule has 32 heavy (non-hydrogen) atoms. The number of methoxy groups -OCH3 is 2. The van der Waals surface area contributed by atoms with Crippen LogP contribution in [0.5, 0.6) is 11.5 Å². The maximum absolute atomic E-state index is 12.7. The van der Waals surface area contributed by atoms with Crippen molar-refractivity contribution in [1.82, 2.24) is 10.2 Å². The van der Waals surface area contributed by atoms with Gasteiger partial charge in [-0.1, -0.05) is 11.3 Å². The molecule has 8 nitrogen and oxygen atoms in total. The molecule has 0 aliphatic carbocycles. The second kappa shape index (κ2) is 9.27. The standard InChI is InChI=1S/C23H24N4O4S/c1-5-27(6-2)15-8-7-14-11-17(22(28)31-19(14)12-15)21-25-26-23(32-21)24-18-10-9-16(29-3)13-20(18)30-4/h7-13H,5-6H2,1-4H3,(H,24,26).